The van der Waals surface area contributed by atoms with E-state index in [9.17, 15) is 4.79 Å². The highest BCUT2D eigenvalue weighted by Crippen LogP contribution is 2.27. The molecule has 0 aliphatic heterocycles. The van der Waals surface area contributed by atoms with Gasteiger partial charge in [-0.25, -0.2) is 0 Å². The second kappa shape index (κ2) is 4.11. The van der Waals surface area contributed by atoms with Crippen LogP contribution in [0.3, 0.4) is 0 Å². The first-order valence-electron chi connectivity index (χ1n) is 3.31. The van der Waals surface area contributed by atoms with Gasteiger partial charge in [-0.2, -0.15) is 0 Å². The molecule has 1 aromatic rings. The van der Waals surface area contributed by atoms with Crippen molar-refractivity contribution in [2.45, 2.75) is 0 Å². The molecule has 4 heteroatoms. The smallest absolute Gasteiger partial charge is 0.211 e. The van der Waals surface area contributed by atoms with Crippen LogP contribution in [-0.4, -0.2) is 13.5 Å². The lowest BCUT2D eigenvalue weighted by molar-refractivity contribution is -0.105. The summed E-state index contributed by atoms with van der Waals surface area (Å²) in [7, 11) is 1.55. The minimum Gasteiger partial charge on any atom is -0.495 e. The SMILES string of the molecule is COc1cc(Br)ccc1NC=O. The van der Waals surface area contributed by atoms with Gasteiger partial charge in [0.25, 0.3) is 0 Å². The van der Waals surface area contributed by atoms with Gasteiger partial charge in [0.05, 0.1) is 12.8 Å². The number of carbonyl (C=O) groups is 1. The Morgan fingerprint density at radius 1 is 1.58 bits per heavy atom. The van der Waals surface area contributed by atoms with Crippen molar-refractivity contribution in [3.8, 4) is 5.75 Å². The monoisotopic (exact) mass is 229 g/mol. The molecule has 0 saturated heterocycles. The van der Waals surface area contributed by atoms with E-state index in [0.29, 0.717) is 17.8 Å². The van der Waals surface area contributed by atoms with Crippen molar-refractivity contribution >= 4 is 28.0 Å². The molecule has 0 aromatic heterocycles. The van der Waals surface area contributed by atoms with Gasteiger partial charge in [-0.15, -0.1) is 0 Å². The van der Waals surface area contributed by atoms with Gasteiger partial charge >= 0.3 is 0 Å². The Bertz CT molecular complexity index is 288. The average molecular weight is 230 g/mol. The summed E-state index contributed by atoms with van der Waals surface area (Å²) in [6.07, 6.45) is 0.617. The maximum absolute atomic E-state index is 10.1. The van der Waals surface area contributed by atoms with E-state index in [4.69, 9.17) is 4.74 Å². The lowest BCUT2D eigenvalue weighted by Gasteiger charge is -2.06. The minimum atomic E-state index is 0.617. The van der Waals surface area contributed by atoms with Crippen LogP contribution in [0.5, 0.6) is 5.75 Å². The molecular formula is C8H8BrNO2. The number of halogens is 1. The standard InChI is InChI=1S/C8H8BrNO2/c1-12-8-4-6(9)2-3-7(8)10-5-11/h2-5H,1H3,(H,10,11). The fourth-order valence-electron chi connectivity index (χ4n) is 0.848. The Hall–Kier alpha value is -1.03. The highest BCUT2D eigenvalue weighted by atomic mass is 79.9. The van der Waals surface area contributed by atoms with Gasteiger partial charge < -0.3 is 10.1 Å². The minimum absolute atomic E-state index is 0.617. The molecule has 64 valence electrons. The van der Waals surface area contributed by atoms with E-state index in [0.717, 1.165) is 4.47 Å². The van der Waals surface area contributed by atoms with Crippen molar-refractivity contribution in [2.75, 3.05) is 12.4 Å². The van der Waals surface area contributed by atoms with Crippen LogP contribution >= 0.6 is 15.9 Å². The predicted octanol–water partition coefficient (Wildman–Crippen LogP) is 2.03. The summed E-state index contributed by atoms with van der Waals surface area (Å²) in [6.45, 7) is 0. The number of benzene rings is 1. The van der Waals surface area contributed by atoms with Crippen LogP contribution in [-0.2, 0) is 4.79 Å². The third-order valence-corrected chi connectivity index (χ3v) is 1.87. The predicted molar refractivity (Wildman–Crippen MR) is 50.4 cm³/mol. The summed E-state index contributed by atoms with van der Waals surface area (Å²) in [5.41, 5.74) is 0.663. The van der Waals surface area contributed by atoms with E-state index in [1.165, 1.54) is 0 Å². The van der Waals surface area contributed by atoms with Gasteiger partial charge in [-0.05, 0) is 18.2 Å². The highest BCUT2D eigenvalue weighted by molar-refractivity contribution is 9.10. The molecule has 0 spiro atoms. The van der Waals surface area contributed by atoms with Crippen LogP contribution in [0.1, 0.15) is 0 Å². The Balaban J connectivity index is 3.01. The lowest BCUT2D eigenvalue weighted by atomic mass is 10.3. The fraction of sp³-hybridized carbons (Fsp3) is 0.125. The zero-order chi connectivity index (χ0) is 8.97. The third-order valence-electron chi connectivity index (χ3n) is 1.38. The number of carbonyl (C=O) groups excluding carboxylic acids is 1. The molecule has 0 atom stereocenters. The van der Waals surface area contributed by atoms with Gasteiger partial charge in [0.2, 0.25) is 6.41 Å². The topological polar surface area (TPSA) is 38.3 Å². The number of amides is 1. The lowest BCUT2D eigenvalue weighted by Crippen LogP contribution is -1.96. The zero-order valence-electron chi connectivity index (χ0n) is 6.50. The molecule has 0 aliphatic carbocycles. The van der Waals surface area contributed by atoms with Crippen LogP contribution in [0.15, 0.2) is 22.7 Å². The van der Waals surface area contributed by atoms with Crippen LogP contribution in [0, 0.1) is 0 Å². The molecule has 1 aromatic carbocycles. The number of nitrogens with one attached hydrogen (secondary N) is 1. The molecular weight excluding hydrogens is 222 g/mol. The van der Waals surface area contributed by atoms with Crippen LogP contribution in [0.2, 0.25) is 0 Å². The van der Waals surface area contributed by atoms with Crippen molar-refractivity contribution in [2.24, 2.45) is 0 Å². The Labute approximate surface area is 78.9 Å². The Morgan fingerprint density at radius 2 is 2.33 bits per heavy atom. The average Bonchev–Trinajstić information content (AvgIpc) is 2.08. The van der Waals surface area contributed by atoms with Gasteiger partial charge in [-0.1, -0.05) is 15.9 Å². The van der Waals surface area contributed by atoms with E-state index in [2.05, 4.69) is 21.2 Å². The molecule has 12 heavy (non-hydrogen) atoms. The van der Waals surface area contributed by atoms with E-state index in [-0.39, 0.29) is 0 Å². The molecule has 0 radical (unpaired) electrons. The first-order chi connectivity index (χ1) is 5.77. The summed E-state index contributed by atoms with van der Waals surface area (Å²) in [4.78, 5) is 10.1. The molecule has 0 saturated carbocycles. The summed E-state index contributed by atoms with van der Waals surface area (Å²) < 4.78 is 5.94. The maximum Gasteiger partial charge on any atom is 0.211 e. The van der Waals surface area contributed by atoms with E-state index >= 15 is 0 Å². The summed E-state index contributed by atoms with van der Waals surface area (Å²) in [5.74, 6) is 0.636. The summed E-state index contributed by atoms with van der Waals surface area (Å²) >= 11 is 3.29. The van der Waals surface area contributed by atoms with Crippen molar-refractivity contribution in [3.05, 3.63) is 22.7 Å². The van der Waals surface area contributed by atoms with Crippen LogP contribution < -0.4 is 10.1 Å². The van der Waals surface area contributed by atoms with Gasteiger partial charge in [0, 0.05) is 4.47 Å². The van der Waals surface area contributed by atoms with Crippen LogP contribution in [0.25, 0.3) is 0 Å². The first-order valence-corrected chi connectivity index (χ1v) is 4.11. The Kier molecular flexibility index (Phi) is 3.10. The van der Waals surface area contributed by atoms with Crippen molar-refractivity contribution in [1.29, 1.82) is 0 Å². The van der Waals surface area contributed by atoms with Crippen molar-refractivity contribution in [1.82, 2.24) is 0 Å². The van der Waals surface area contributed by atoms with Crippen molar-refractivity contribution < 1.29 is 9.53 Å². The van der Waals surface area contributed by atoms with Gasteiger partial charge in [0.15, 0.2) is 0 Å². The van der Waals surface area contributed by atoms with Gasteiger partial charge in [-0.3, -0.25) is 4.79 Å². The second-order valence-corrected chi connectivity index (χ2v) is 3.02. The fourth-order valence-corrected chi connectivity index (χ4v) is 1.19. The third kappa shape index (κ3) is 1.98. The van der Waals surface area contributed by atoms with E-state index in [1.54, 1.807) is 19.2 Å². The summed E-state index contributed by atoms with van der Waals surface area (Å²) in [5, 5.41) is 2.53. The van der Waals surface area contributed by atoms with Gasteiger partial charge in [0.1, 0.15) is 5.75 Å². The zero-order valence-corrected chi connectivity index (χ0v) is 8.09. The second-order valence-electron chi connectivity index (χ2n) is 2.11. The maximum atomic E-state index is 10.1. The summed E-state index contributed by atoms with van der Waals surface area (Å²) in [6, 6.07) is 5.37. The number of rotatable bonds is 3. The normalized spacial score (nSPS) is 9.17. The largest absolute Gasteiger partial charge is 0.495 e. The number of ether oxygens (including phenoxy) is 1. The van der Waals surface area contributed by atoms with E-state index in [1.807, 2.05) is 6.07 Å². The highest BCUT2D eigenvalue weighted by Gasteiger charge is 2.00. The Morgan fingerprint density at radius 3 is 2.92 bits per heavy atom. The quantitative estimate of drug-likeness (QED) is 0.806. The molecule has 1 amide bonds. The molecule has 0 fully saturated rings. The molecule has 0 unspecified atom stereocenters. The molecule has 0 heterocycles. The van der Waals surface area contributed by atoms with E-state index < -0.39 is 0 Å². The number of hydrogen-bond donors (Lipinski definition) is 1. The molecule has 1 rings (SSSR count). The number of hydrogen-bond acceptors (Lipinski definition) is 2. The molecule has 0 aliphatic rings. The molecule has 3 nitrogen and oxygen atoms in total. The molecule has 0 bridgehead atoms. The number of methoxy groups -OCH3 is 1. The van der Waals surface area contributed by atoms with Crippen LogP contribution in [0.4, 0.5) is 5.69 Å². The number of anilines is 1. The first kappa shape index (κ1) is 9.06. The van der Waals surface area contributed by atoms with Crippen molar-refractivity contribution in [3.63, 3.8) is 0 Å². The molecule has 1 N–H and O–H groups in total.